The van der Waals surface area contributed by atoms with Gasteiger partial charge in [0.25, 0.3) is 0 Å². The second-order valence-corrected chi connectivity index (χ2v) is 6.66. The predicted molar refractivity (Wildman–Crippen MR) is 74.9 cm³/mol. The summed E-state index contributed by atoms with van der Waals surface area (Å²) < 4.78 is 26.5. The van der Waals surface area contributed by atoms with Crippen molar-refractivity contribution in [2.24, 2.45) is 0 Å². The van der Waals surface area contributed by atoms with Gasteiger partial charge >= 0.3 is 5.97 Å². The summed E-state index contributed by atoms with van der Waals surface area (Å²) in [6.07, 6.45) is 0.459. The van der Waals surface area contributed by atoms with Crippen molar-refractivity contribution in [2.75, 3.05) is 6.61 Å². The van der Waals surface area contributed by atoms with E-state index in [0.29, 0.717) is 12.0 Å². The zero-order chi connectivity index (χ0) is 15.4. The maximum Gasteiger partial charge on any atom is 0.335 e. The van der Waals surface area contributed by atoms with Crippen molar-refractivity contribution < 1.29 is 23.4 Å². The Bertz CT molecular complexity index is 561. The Hall–Kier alpha value is -1.44. The Kier molecular flexibility index (Phi) is 5.27. The molecule has 3 N–H and O–H groups in total. The summed E-state index contributed by atoms with van der Waals surface area (Å²) in [7, 11) is -3.61. The van der Waals surface area contributed by atoms with Gasteiger partial charge in [-0.2, -0.15) is 0 Å². The van der Waals surface area contributed by atoms with Crippen LogP contribution in [0.3, 0.4) is 0 Å². The first kappa shape index (κ1) is 16.6. The molecule has 0 aliphatic carbocycles. The molecule has 1 aromatic rings. The van der Waals surface area contributed by atoms with Crippen LogP contribution in [0.1, 0.15) is 36.2 Å². The van der Waals surface area contributed by atoms with E-state index >= 15 is 0 Å². The highest BCUT2D eigenvalue weighted by atomic mass is 32.2. The molecule has 0 spiro atoms. The van der Waals surface area contributed by atoms with Crippen LogP contribution in [-0.2, 0) is 15.8 Å². The van der Waals surface area contributed by atoms with Crippen LogP contribution in [0, 0.1) is 0 Å². The third kappa shape index (κ3) is 4.59. The van der Waals surface area contributed by atoms with Gasteiger partial charge in [0.05, 0.1) is 23.5 Å². The largest absolute Gasteiger partial charge is 0.478 e. The number of benzene rings is 1. The number of aromatic carboxylic acids is 1. The van der Waals surface area contributed by atoms with E-state index < -0.39 is 21.5 Å². The predicted octanol–water partition coefficient (Wildman–Crippen LogP) is 0.965. The molecule has 20 heavy (non-hydrogen) atoms. The lowest BCUT2D eigenvalue weighted by Crippen LogP contribution is -2.48. The molecule has 1 unspecified atom stereocenters. The van der Waals surface area contributed by atoms with E-state index in [0.717, 1.165) is 0 Å². The molecule has 112 valence electrons. The number of carboxylic acids is 1. The van der Waals surface area contributed by atoms with Gasteiger partial charge in [0.1, 0.15) is 0 Å². The summed E-state index contributed by atoms with van der Waals surface area (Å²) in [6.45, 7) is 3.11. The van der Waals surface area contributed by atoms with Crippen molar-refractivity contribution in [2.45, 2.75) is 31.6 Å². The third-order valence-corrected chi connectivity index (χ3v) is 4.61. The highest BCUT2D eigenvalue weighted by molar-refractivity contribution is 7.88. The lowest BCUT2D eigenvalue weighted by atomic mass is 10.0. The lowest BCUT2D eigenvalue weighted by Gasteiger charge is -2.26. The number of aliphatic hydroxyl groups is 1. The van der Waals surface area contributed by atoms with Crippen LogP contribution in [0.4, 0.5) is 0 Å². The fraction of sp³-hybridized carbons (Fsp3) is 0.462. The minimum Gasteiger partial charge on any atom is -0.478 e. The van der Waals surface area contributed by atoms with Crippen molar-refractivity contribution in [3.8, 4) is 0 Å². The molecule has 0 heterocycles. The average molecular weight is 301 g/mol. The molecule has 1 aromatic carbocycles. The first-order valence-electron chi connectivity index (χ1n) is 6.16. The van der Waals surface area contributed by atoms with E-state index in [1.54, 1.807) is 13.8 Å². The number of rotatable bonds is 7. The summed E-state index contributed by atoms with van der Waals surface area (Å²) in [5, 5.41) is 18.0. The molecule has 0 aliphatic heterocycles. The van der Waals surface area contributed by atoms with E-state index in [1.807, 2.05) is 0 Å². The second-order valence-electron chi connectivity index (χ2n) is 4.94. The summed E-state index contributed by atoms with van der Waals surface area (Å²) in [6, 6.07) is 5.65. The zero-order valence-electron chi connectivity index (χ0n) is 11.5. The monoisotopic (exact) mass is 301 g/mol. The van der Waals surface area contributed by atoms with Gasteiger partial charge in [0.2, 0.25) is 10.0 Å². The van der Waals surface area contributed by atoms with E-state index in [9.17, 15) is 18.3 Å². The number of carboxylic acid groups (broad SMARTS) is 1. The normalized spacial score (nSPS) is 14.8. The van der Waals surface area contributed by atoms with Crippen LogP contribution in [-0.4, -0.2) is 36.7 Å². The highest BCUT2D eigenvalue weighted by Gasteiger charge is 2.27. The minimum absolute atomic E-state index is 0.105. The van der Waals surface area contributed by atoms with E-state index in [-0.39, 0.29) is 17.9 Å². The highest BCUT2D eigenvalue weighted by Crippen LogP contribution is 2.13. The fourth-order valence-electron chi connectivity index (χ4n) is 1.59. The summed E-state index contributed by atoms with van der Waals surface area (Å²) >= 11 is 0. The Morgan fingerprint density at radius 1 is 1.30 bits per heavy atom. The fourth-order valence-corrected chi connectivity index (χ4v) is 3.25. The number of nitrogens with one attached hydrogen (secondary N) is 1. The topological polar surface area (TPSA) is 104 Å². The van der Waals surface area contributed by atoms with Gasteiger partial charge in [0.15, 0.2) is 0 Å². The number of aliphatic hydroxyl groups excluding tert-OH is 1. The molecule has 7 heteroatoms. The van der Waals surface area contributed by atoms with Gasteiger partial charge in [-0.1, -0.05) is 19.1 Å². The quantitative estimate of drug-likeness (QED) is 0.696. The van der Waals surface area contributed by atoms with Gasteiger partial charge in [-0.05, 0) is 31.0 Å². The summed E-state index contributed by atoms with van der Waals surface area (Å²) in [5.74, 6) is -1.32. The SMILES string of the molecule is CCC(C)(CO)NS(=O)(=O)Cc1ccc(C(=O)O)cc1. The molecule has 0 aliphatic rings. The first-order chi connectivity index (χ1) is 9.21. The smallest absolute Gasteiger partial charge is 0.335 e. The third-order valence-electron chi connectivity index (χ3n) is 3.09. The van der Waals surface area contributed by atoms with E-state index in [2.05, 4.69) is 4.72 Å². The second kappa shape index (κ2) is 6.34. The molecule has 0 aromatic heterocycles. The zero-order valence-corrected chi connectivity index (χ0v) is 12.3. The van der Waals surface area contributed by atoms with Crippen molar-refractivity contribution in [3.63, 3.8) is 0 Å². The molecule has 0 amide bonds. The van der Waals surface area contributed by atoms with Crippen molar-refractivity contribution in [1.29, 1.82) is 0 Å². The molecule has 1 rings (SSSR count). The Labute approximate surface area is 118 Å². The summed E-state index contributed by atoms with van der Waals surface area (Å²) in [4.78, 5) is 10.7. The van der Waals surface area contributed by atoms with Crippen LogP contribution in [0.2, 0.25) is 0 Å². The molecule has 1 atom stereocenters. The number of sulfonamides is 1. The molecule has 0 radical (unpaired) electrons. The maximum atomic E-state index is 12.0. The standard InChI is InChI=1S/C13H19NO5S/c1-3-13(2,9-15)14-20(18,19)8-10-4-6-11(7-5-10)12(16)17/h4-7,14-15H,3,8-9H2,1-2H3,(H,16,17). The van der Waals surface area contributed by atoms with Crippen LogP contribution >= 0.6 is 0 Å². The Morgan fingerprint density at radius 2 is 1.85 bits per heavy atom. The number of hydrogen-bond donors (Lipinski definition) is 3. The van der Waals surface area contributed by atoms with E-state index in [1.165, 1.54) is 24.3 Å². The van der Waals surface area contributed by atoms with Gasteiger partial charge in [-0.3, -0.25) is 0 Å². The van der Waals surface area contributed by atoms with Crippen molar-refractivity contribution in [1.82, 2.24) is 4.72 Å². The first-order valence-corrected chi connectivity index (χ1v) is 7.81. The molecule has 0 saturated heterocycles. The lowest BCUT2D eigenvalue weighted by molar-refractivity contribution is 0.0697. The van der Waals surface area contributed by atoms with Crippen molar-refractivity contribution in [3.05, 3.63) is 35.4 Å². The Morgan fingerprint density at radius 3 is 2.25 bits per heavy atom. The molecule has 0 saturated carbocycles. The Balaban J connectivity index is 2.83. The maximum absolute atomic E-state index is 12.0. The van der Waals surface area contributed by atoms with Gasteiger partial charge in [-0.15, -0.1) is 0 Å². The number of carbonyl (C=O) groups is 1. The number of hydrogen-bond acceptors (Lipinski definition) is 4. The van der Waals surface area contributed by atoms with Crippen LogP contribution in [0.25, 0.3) is 0 Å². The molecular formula is C13H19NO5S. The average Bonchev–Trinajstić information content (AvgIpc) is 2.38. The molecule has 6 nitrogen and oxygen atoms in total. The van der Waals surface area contributed by atoms with E-state index in [4.69, 9.17) is 5.11 Å². The minimum atomic E-state index is -3.61. The van der Waals surface area contributed by atoms with Crippen LogP contribution in [0.15, 0.2) is 24.3 Å². The van der Waals surface area contributed by atoms with Gasteiger partial charge in [0, 0.05) is 0 Å². The van der Waals surface area contributed by atoms with Gasteiger partial charge < -0.3 is 10.2 Å². The molecule has 0 fully saturated rings. The summed E-state index contributed by atoms with van der Waals surface area (Å²) in [5.41, 5.74) is -0.299. The van der Waals surface area contributed by atoms with Crippen LogP contribution < -0.4 is 4.72 Å². The molecule has 0 bridgehead atoms. The van der Waals surface area contributed by atoms with Crippen molar-refractivity contribution >= 4 is 16.0 Å². The van der Waals surface area contributed by atoms with Crippen LogP contribution in [0.5, 0.6) is 0 Å². The van der Waals surface area contributed by atoms with Gasteiger partial charge in [-0.25, -0.2) is 17.9 Å². The molecular weight excluding hydrogens is 282 g/mol.